The number of carboxylic acids is 1. The van der Waals surface area contributed by atoms with Crippen LogP contribution in [-0.2, 0) is 6.54 Å². The minimum atomic E-state index is -1.28. The van der Waals surface area contributed by atoms with Crippen molar-refractivity contribution in [1.29, 1.82) is 0 Å². The molecular weight excluding hydrogens is 236 g/mol. The highest BCUT2D eigenvalue weighted by Gasteiger charge is 2.13. The number of hydrogen-bond donors (Lipinski definition) is 2. The lowest BCUT2D eigenvalue weighted by atomic mass is 10.3. The van der Waals surface area contributed by atoms with Crippen LogP contribution in [0.2, 0.25) is 0 Å². The van der Waals surface area contributed by atoms with Crippen LogP contribution in [0.4, 0.5) is 0 Å². The van der Waals surface area contributed by atoms with E-state index < -0.39 is 11.5 Å². The highest BCUT2D eigenvalue weighted by Crippen LogP contribution is 2.09. The van der Waals surface area contributed by atoms with Gasteiger partial charge < -0.3 is 10.2 Å². The van der Waals surface area contributed by atoms with Gasteiger partial charge >= 0.3 is 5.97 Å². The number of carbonyl (C=O) groups is 1. The van der Waals surface area contributed by atoms with Crippen molar-refractivity contribution >= 4 is 5.97 Å². The molecule has 2 aromatic rings. The third-order valence-corrected chi connectivity index (χ3v) is 2.38. The lowest BCUT2D eigenvalue weighted by Gasteiger charge is -2.09. The molecule has 0 aliphatic heterocycles. The molecular formula is C12H10N2O4. The monoisotopic (exact) mass is 246 g/mol. The van der Waals surface area contributed by atoms with Crippen molar-refractivity contribution in [2.24, 2.45) is 0 Å². The molecule has 92 valence electrons. The minimum Gasteiger partial charge on any atom is -0.508 e. The topological polar surface area (TPSA) is 92.4 Å². The molecule has 0 radical (unpaired) electrons. The van der Waals surface area contributed by atoms with E-state index in [1.807, 2.05) is 0 Å². The molecule has 0 atom stereocenters. The summed E-state index contributed by atoms with van der Waals surface area (Å²) in [5, 5.41) is 18.2. The van der Waals surface area contributed by atoms with Gasteiger partial charge in [-0.3, -0.25) is 14.3 Å². The molecule has 2 aromatic heterocycles. The molecule has 0 aromatic carbocycles. The largest absolute Gasteiger partial charge is 0.508 e. The summed E-state index contributed by atoms with van der Waals surface area (Å²) in [5.41, 5.74) is -0.295. The number of aromatic hydroxyl groups is 1. The van der Waals surface area contributed by atoms with Crippen LogP contribution < -0.4 is 5.56 Å². The van der Waals surface area contributed by atoms with E-state index in [1.54, 1.807) is 24.4 Å². The van der Waals surface area contributed by atoms with Gasteiger partial charge in [-0.15, -0.1) is 0 Å². The summed E-state index contributed by atoms with van der Waals surface area (Å²) in [6, 6.07) is 7.16. The number of carboxylic acid groups (broad SMARTS) is 1. The Kier molecular flexibility index (Phi) is 3.09. The van der Waals surface area contributed by atoms with Gasteiger partial charge in [-0.2, -0.15) is 0 Å². The smallest absolute Gasteiger partial charge is 0.352 e. The zero-order valence-electron chi connectivity index (χ0n) is 9.28. The SMILES string of the molecule is O=C(O)c1cc(O)cc(=O)n1Cc1ccccn1. The summed E-state index contributed by atoms with van der Waals surface area (Å²) in [7, 11) is 0. The van der Waals surface area contributed by atoms with Gasteiger partial charge in [-0.1, -0.05) is 6.07 Å². The van der Waals surface area contributed by atoms with Crippen molar-refractivity contribution in [2.45, 2.75) is 6.54 Å². The van der Waals surface area contributed by atoms with Gasteiger partial charge in [-0.25, -0.2) is 4.79 Å². The molecule has 0 amide bonds. The van der Waals surface area contributed by atoms with Crippen LogP contribution in [0, 0.1) is 0 Å². The molecule has 0 spiro atoms. The van der Waals surface area contributed by atoms with Gasteiger partial charge in [0.1, 0.15) is 11.4 Å². The predicted octanol–water partition coefficient (Wildman–Crippen LogP) is 0.695. The maximum absolute atomic E-state index is 11.7. The summed E-state index contributed by atoms with van der Waals surface area (Å²) in [6.07, 6.45) is 1.56. The number of aromatic carboxylic acids is 1. The first-order valence-corrected chi connectivity index (χ1v) is 5.15. The Bertz CT molecular complexity index is 634. The molecule has 2 rings (SSSR count). The fourth-order valence-corrected chi connectivity index (χ4v) is 1.58. The van der Waals surface area contributed by atoms with E-state index >= 15 is 0 Å². The third-order valence-electron chi connectivity index (χ3n) is 2.38. The van der Waals surface area contributed by atoms with Crippen LogP contribution >= 0.6 is 0 Å². The van der Waals surface area contributed by atoms with Crippen LogP contribution in [0.15, 0.2) is 41.3 Å². The standard InChI is InChI=1S/C12H10N2O4/c15-9-5-10(12(17)18)14(11(16)6-9)7-8-3-1-2-4-13-8/h1-6,15H,7H2,(H,17,18). The highest BCUT2D eigenvalue weighted by atomic mass is 16.4. The van der Waals surface area contributed by atoms with E-state index in [0.29, 0.717) is 5.69 Å². The van der Waals surface area contributed by atoms with Crippen LogP contribution in [0.25, 0.3) is 0 Å². The van der Waals surface area contributed by atoms with Gasteiger partial charge in [0.05, 0.1) is 12.2 Å². The summed E-state index contributed by atoms with van der Waals surface area (Å²) >= 11 is 0. The van der Waals surface area contributed by atoms with Crippen LogP contribution in [0.1, 0.15) is 16.2 Å². The van der Waals surface area contributed by atoms with Crippen molar-refractivity contribution in [3.63, 3.8) is 0 Å². The van der Waals surface area contributed by atoms with Gasteiger partial charge in [0.15, 0.2) is 0 Å². The Balaban J connectivity index is 2.50. The summed E-state index contributed by atoms with van der Waals surface area (Å²) in [4.78, 5) is 26.7. The fraction of sp³-hybridized carbons (Fsp3) is 0.0833. The molecule has 0 unspecified atom stereocenters. The van der Waals surface area contributed by atoms with E-state index in [2.05, 4.69) is 4.98 Å². The first-order valence-electron chi connectivity index (χ1n) is 5.15. The molecule has 0 aliphatic rings. The number of rotatable bonds is 3. The summed E-state index contributed by atoms with van der Waals surface area (Å²) in [6.45, 7) is 0.0432. The molecule has 18 heavy (non-hydrogen) atoms. The Morgan fingerprint density at radius 1 is 1.33 bits per heavy atom. The van der Waals surface area contributed by atoms with E-state index in [1.165, 1.54) is 0 Å². The van der Waals surface area contributed by atoms with Crippen molar-refractivity contribution in [3.8, 4) is 5.75 Å². The Hall–Kier alpha value is -2.63. The van der Waals surface area contributed by atoms with E-state index in [9.17, 15) is 14.7 Å². The first kappa shape index (κ1) is 11.8. The molecule has 0 aliphatic carbocycles. The summed E-state index contributed by atoms with van der Waals surface area (Å²) < 4.78 is 1.05. The highest BCUT2D eigenvalue weighted by molar-refractivity contribution is 5.86. The molecule has 6 nitrogen and oxygen atoms in total. The van der Waals surface area contributed by atoms with E-state index in [0.717, 1.165) is 16.7 Å². The van der Waals surface area contributed by atoms with Crippen LogP contribution in [-0.4, -0.2) is 25.7 Å². The maximum atomic E-state index is 11.7. The average Bonchev–Trinajstić information content (AvgIpc) is 2.33. The molecule has 0 bridgehead atoms. The van der Waals surface area contributed by atoms with Crippen LogP contribution in [0.3, 0.4) is 0 Å². The zero-order chi connectivity index (χ0) is 13.1. The van der Waals surface area contributed by atoms with E-state index in [4.69, 9.17) is 5.11 Å². The Labute approximate surface area is 102 Å². The second kappa shape index (κ2) is 4.70. The van der Waals surface area contributed by atoms with E-state index in [-0.39, 0.29) is 18.0 Å². The van der Waals surface area contributed by atoms with Crippen LogP contribution in [0.5, 0.6) is 5.75 Å². The summed E-state index contributed by atoms with van der Waals surface area (Å²) in [5.74, 6) is -1.64. The fourth-order valence-electron chi connectivity index (χ4n) is 1.58. The van der Waals surface area contributed by atoms with Gasteiger partial charge in [-0.05, 0) is 12.1 Å². The van der Waals surface area contributed by atoms with Gasteiger partial charge in [0, 0.05) is 18.3 Å². The lowest BCUT2D eigenvalue weighted by molar-refractivity contribution is 0.0683. The second-order valence-electron chi connectivity index (χ2n) is 3.65. The number of aromatic nitrogens is 2. The maximum Gasteiger partial charge on any atom is 0.352 e. The Morgan fingerprint density at radius 3 is 2.72 bits per heavy atom. The molecule has 0 saturated heterocycles. The zero-order valence-corrected chi connectivity index (χ0v) is 9.28. The average molecular weight is 246 g/mol. The molecule has 0 saturated carbocycles. The van der Waals surface area contributed by atoms with Crippen molar-refractivity contribution in [3.05, 3.63) is 58.3 Å². The predicted molar refractivity (Wildman–Crippen MR) is 62.7 cm³/mol. The minimum absolute atomic E-state index is 0.0432. The number of hydrogen-bond acceptors (Lipinski definition) is 4. The molecule has 2 heterocycles. The second-order valence-corrected chi connectivity index (χ2v) is 3.65. The van der Waals surface area contributed by atoms with Crippen molar-refractivity contribution in [1.82, 2.24) is 9.55 Å². The van der Waals surface area contributed by atoms with Gasteiger partial charge in [0.2, 0.25) is 0 Å². The lowest BCUT2D eigenvalue weighted by Crippen LogP contribution is -2.25. The normalized spacial score (nSPS) is 10.2. The number of pyridine rings is 2. The molecule has 0 fully saturated rings. The third kappa shape index (κ3) is 2.37. The Morgan fingerprint density at radius 2 is 2.11 bits per heavy atom. The first-order chi connectivity index (χ1) is 8.58. The van der Waals surface area contributed by atoms with Crippen molar-refractivity contribution < 1.29 is 15.0 Å². The number of nitrogens with zero attached hydrogens (tertiary/aromatic N) is 2. The molecule has 6 heteroatoms. The quantitative estimate of drug-likeness (QED) is 0.831. The van der Waals surface area contributed by atoms with Crippen molar-refractivity contribution in [2.75, 3.05) is 0 Å². The van der Waals surface area contributed by atoms with Gasteiger partial charge in [0.25, 0.3) is 5.56 Å². The molecule has 2 N–H and O–H groups in total.